The highest BCUT2D eigenvalue weighted by Crippen LogP contribution is 2.24. The molecule has 0 saturated heterocycles. The molecular weight excluding hydrogens is 268 g/mol. The minimum Gasteiger partial charge on any atom is -0.494 e. The van der Waals surface area contributed by atoms with E-state index in [1.807, 2.05) is 6.92 Å². The van der Waals surface area contributed by atoms with Crippen LogP contribution in [-0.2, 0) is 0 Å². The lowest BCUT2D eigenvalue weighted by molar-refractivity contribution is 0.0873. The summed E-state index contributed by atoms with van der Waals surface area (Å²) in [6, 6.07) is 5.05. The molecule has 0 spiro atoms. The van der Waals surface area contributed by atoms with Gasteiger partial charge in [0.05, 0.1) is 12.7 Å². The minimum atomic E-state index is -0.224. The van der Waals surface area contributed by atoms with Crippen molar-refractivity contribution >= 4 is 11.6 Å². The van der Waals surface area contributed by atoms with Crippen LogP contribution >= 0.6 is 0 Å². The predicted molar refractivity (Wildman–Crippen MR) is 82.3 cm³/mol. The molecule has 1 fully saturated rings. The molecule has 4 N–H and O–H groups in total. The van der Waals surface area contributed by atoms with Gasteiger partial charge in [-0.2, -0.15) is 0 Å². The monoisotopic (exact) mass is 292 g/mol. The Morgan fingerprint density at radius 2 is 2.24 bits per heavy atom. The topological polar surface area (TPSA) is 84.6 Å². The summed E-state index contributed by atoms with van der Waals surface area (Å²) >= 11 is 0. The van der Waals surface area contributed by atoms with Crippen molar-refractivity contribution in [1.29, 1.82) is 0 Å². The molecule has 1 aromatic rings. The average Bonchev–Trinajstić information content (AvgIpc) is 2.44. The summed E-state index contributed by atoms with van der Waals surface area (Å²) in [6.45, 7) is 3.01. The summed E-state index contributed by atoms with van der Waals surface area (Å²) in [6.07, 6.45) is 3.49. The first-order valence-electron chi connectivity index (χ1n) is 7.58. The number of hydrogen-bond acceptors (Lipinski definition) is 4. The van der Waals surface area contributed by atoms with Crippen molar-refractivity contribution in [1.82, 2.24) is 5.32 Å². The average molecular weight is 292 g/mol. The van der Waals surface area contributed by atoms with Crippen molar-refractivity contribution in [3.8, 4) is 5.75 Å². The van der Waals surface area contributed by atoms with Crippen LogP contribution in [0.25, 0.3) is 0 Å². The van der Waals surface area contributed by atoms with Gasteiger partial charge in [-0.25, -0.2) is 0 Å². The largest absolute Gasteiger partial charge is 0.494 e. The number of rotatable bonds is 5. The van der Waals surface area contributed by atoms with E-state index in [1.165, 1.54) is 0 Å². The van der Waals surface area contributed by atoms with Crippen molar-refractivity contribution in [2.45, 2.75) is 38.7 Å². The van der Waals surface area contributed by atoms with Gasteiger partial charge < -0.3 is 20.9 Å². The molecule has 1 aromatic carbocycles. The summed E-state index contributed by atoms with van der Waals surface area (Å²) in [4.78, 5) is 12.2. The van der Waals surface area contributed by atoms with Crippen LogP contribution in [0, 0.1) is 5.92 Å². The molecule has 2 atom stereocenters. The number of carbonyl (C=O) groups excluding carboxylic acids is 1. The van der Waals surface area contributed by atoms with Crippen molar-refractivity contribution in [2.24, 2.45) is 5.92 Å². The first-order valence-corrected chi connectivity index (χ1v) is 7.58. The standard InChI is InChI=1S/C16H24N2O3/c1-2-21-15-8-12(7-13(17)9-15)16(20)18-10-11-4-3-5-14(19)6-11/h7-9,11,14,19H,2-6,10,17H2,1H3,(H,18,20). The second kappa shape index (κ2) is 7.31. The summed E-state index contributed by atoms with van der Waals surface area (Å²) in [5.41, 5.74) is 6.81. The molecule has 0 aromatic heterocycles. The van der Waals surface area contributed by atoms with Crippen molar-refractivity contribution in [3.63, 3.8) is 0 Å². The third-order valence-electron chi connectivity index (χ3n) is 3.81. The highest BCUT2D eigenvalue weighted by atomic mass is 16.5. The summed E-state index contributed by atoms with van der Waals surface area (Å²) in [5, 5.41) is 12.6. The van der Waals surface area contributed by atoms with Crippen molar-refractivity contribution in [2.75, 3.05) is 18.9 Å². The normalized spacial score (nSPS) is 21.8. The van der Waals surface area contributed by atoms with Crippen LogP contribution < -0.4 is 15.8 Å². The number of amides is 1. The Morgan fingerprint density at radius 1 is 1.43 bits per heavy atom. The van der Waals surface area contributed by atoms with Crippen LogP contribution in [0.4, 0.5) is 5.69 Å². The van der Waals surface area contributed by atoms with E-state index in [0.29, 0.717) is 36.1 Å². The number of nitrogens with one attached hydrogen (secondary N) is 1. The Hall–Kier alpha value is -1.75. The van der Waals surface area contributed by atoms with Gasteiger partial charge in [-0.3, -0.25) is 4.79 Å². The van der Waals surface area contributed by atoms with Gasteiger partial charge in [-0.15, -0.1) is 0 Å². The fraction of sp³-hybridized carbons (Fsp3) is 0.562. The van der Waals surface area contributed by atoms with E-state index in [1.54, 1.807) is 18.2 Å². The number of aliphatic hydroxyl groups excluding tert-OH is 1. The van der Waals surface area contributed by atoms with Gasteiger partial charge in [-0.05, 0) is 44.2 Å². The quantitative estimate of drug-likeness (QED) is 0.724. The zero-order valence-electron chi connectivity index (χ0n) is 12.5. The van der Waals surface area contributed by atoms with Gasteiger partial charge in [0.25, 0.3) is 5.91 Å². The Labute approximate surface area is 125 Å². The molecule has 2 unspecified atom stereocenters. The minimum absolute atomic E-state index is 0.150. The lowest BCUT2D eigenvalue weighted by atomic mass is 9.87. The van der Waals surface area contributed by atoms with Gasteiger partial charge in [0, 0.05) is 23.9 Å². The summed E-state index contributed by atoms with van der Waals surface area (Å²) < 4.78 is 5.39. The Kier molecular flexibility index (Phi) is 5.44. The lowest BCUT2D eigenvalue weighted by Gasteiger charge is -2.25. The van der Waals surface area contributed by atoms with Crippen LogP contribution in [0.5, 0.6) is 5.75 Å². The Balaban J connectivity index is 1.93. The van der Waals surface area contributed by atoms with Gasteiger partial charge in [0.2, 0.25) is 0 Å². The molecule has 5 nitrogen and oxygen atoms in total. The van der Waals surface area contributed by atoms with Crippen molar-refractivity contribution in [3.05, 3.63) is 23.8 Å². The highest BCUT2D eigenvalue weighted by Gasteiger charge is 2.20. The number of aliphatic hydroxyl groups is 1. The maximum atomic E-state index is 12.2. The van der Waals surface area contributed by atoms with Crippen LogP contribution in [0.3, 0.4) is 0 Å². The number of ether oxygens (including phenoxy) is 1. The molecule has 0 radical (unpaired) electrons. The molecule has 21 heavy (non-hydrogen) atoms. The number of nitrogens with two attached hydrogens (primary N) is 1. The molecule has 5 heteroatoms. The summed E-state index contributed by atoms with van der Waals surface area (Å²) in [7, 11) is 0. The number of benzene rings is 1. The fourth-order valence-corrected chi connectivity index (χ4v) is 2.79. The highest BCUT2D eigenvalue weighted by molar-refractivity contribution is 5.95. The maximum Gasteiger partial charge on any atom is 0.251 e. The van der Waals surface area contributed by atoms with Gasteiger partial charge >= 0.3 is 0 Å². The van der Waals surface area contributed by atoms with E-state index >= 15 is 0 Å². The second-order valence-electron chi connectivity index (χ2n) is 5.62. The third-order valence-corrected chi connectivity index (χ3v) is 3.81. The predicted octanol–water partition coefficient (Wildman–Crippen LogP) is 1.95. The van der Waals surface area contributed by atoms with Crippen LogP contribution in [-0.4, -0.2) is 30.3 Å². The van der Waals surface area contributed by atoms with E-state index in [4.69, 9.17) is 10.5 Å². The summed E-state index contributed by atoms with van der Waals surface area (Å²) in [5.74, 6) is 0.809. The third kappa shape index (κ3) is 4.63. The first kappa shape index (κ1) is 15.6. The van der Waals surface area contributed by atoms with E-state index in [9.17, 15) is 9.90 Å². The maximum absolute atomic E-state index is 12.2. The SMILES string of the molecule is CCOc1cc(N)cc(C(=O)NCC2CCCC(O)C2)c1. The number of nitrogen functional groups attached to an aromatic ring is 1. The van der Waals surface area contributed by atoms with Crippen LogP contribution in [0.15, 0.2) is 18.2 Å². The van der Waals surface area contributed by atoms with E-state index in [0.717, 1.165) is 25.7 Å². The first-order chi connectivity index (χ1) is 10.1. The molecule has 0 heterocycles. The zero-order valence-corrected chi connectivity index (χ0v) is 12.5. The van der Waals surface area contributed by atoms with Gasteiger partial charge in [0.1, 0.15) is 5.75 Å². The molecule has 1 aliphatic carbocycles. The fourth-order valence-electron chi connectivity index (χ4n) is 2.79. The van der Waals surface area contributed by atoms with Gasteiger partial charge in [0.15, 0.2) is 0 Å². The van der Waals surface area contributed by atoms with Crippen LogP contribution in [0.2, 0.25) is 0 Å². The number of hydrogen-bond donors (Lipinski definition) is 3. The Bertz CT molecular complexity index is 490. The Morgan fingerprint density at radius 3 is 2.95 bits per heavy atom. The zero-order chi connectivity index (χ0) is 15.2. The molecule has 1 amide bonds. The second-order valence-corrected chi connectivity index (χ2v) is 5.62. The van der Waals surface area contributed by atoms with E-state index in [-0.39, 0.29) is 12.0 Å². The molecule has 1 aliphatic rings. The molecule has 2 rings (SSSR count). The molecule has 116 valence electrons. The van der Waals surface area contributed by atoms with E-state index in [2.05, 4.69) is 5.32 Å². The van der Waals surface area contributed by atoms with Crippen molar-refractivity contribution < 1.29 is 14.6 Å². The molecule has 0 aliphatic heterocycles. The molecular formula is C16H24N2O3. The molecule has 1 saturated carbocycles. The van der Waals surface area contributed by atoms with E-state index < -0.39 is 0 Å². The smallest absolute Gasteiger partial charge is 0.251 e. The van der Waals surface area contributed by atoms with Crippen LogP contribution in [0.1, 0.15) is 43.0 Å². The van der Waals surface area contributed by atoms with Gasteiger partial charge in [-0.1, -0.05) is 6.42 Å². The number of anilines is 1. The molecule has 0 bridgehead atoms. The lowest BCUT2D eigenvalue weighted by Crippen LogP contribution is -2.33. The number of carbonyl (C=O) groups is 1.